The van der Waals surface area contributed by atoms with Crippen molar-refractivity contribution in [3.63, 3.8) is 0 Å². The van der Waals surface area contributed by atoms with Crippen LogP contribution in [-0.2, 0) is 0 Å². The minimum atomic E-state index is 0.846. The van der Waals surface area contributed by atoms with Crippen LogP contribution in [0.25, 0.3) is 299 Å². The summed E-state index contributed by atoms with van der Waals surface area (Å²) < 4.78 is 27.0. The van der Waals surface area contributed by atoms with Gasteiger partial charge >= 0.3 is 0 Å². The molecule has 0 saturated heterocycles. The minimum absolute atomic E-state index is 0.846. The van der Waals surface area contributed by atoms with Crippen LogP contribution in [-0.4, -0.2) is 19.5 Å². The van der Waals surface area contributed by atoms with Crippen molar-refractivity contribution < 1.29 is 13.3 Å². The highest BCUT2D eigenvalue weighted by molar-refractivity contribution is 7.27. The standard InChI is InChI=1S/C49H30N2O.2C43H25NOS/c1-3-12-31(13-4-1)42-30-43(50-48-40(42)26-27-46-47(48)41-25-22-32-14-7-8-19-37(32)49(41)52-46)35-16-11-15-33(28-35)34-23-24-39-38-20-9-10-21-44(38)51(45(39)29-34)36-17-5-2-6-18-36;1-2-10-27(11-3-1)42-34-21-22-40-41(35-20-17-26-9-4-5-14-31(26)43(35)46-40)36(34)25-37(44-42)30-13-8-12-28(23-30)29-18-19-33-32-15-6-7-16-38(32)45-39(33)24-29;1-2-9-29(10-3-1)42-34-22-23-38-41(35-21-18-27-8-4-5-11-31(27)43(35)45-38)36(34)25-37(44-42)28-16-14-26(15-17-28)30-19-20-33-32-12-6-7-13-39(32)46-40(33)24-30/h1-30H;2*1-25H. The van der Waals surface area contributed by atoms with Crippen LogP contribution in [0.4, 0.5) is 0 Å². The fraction of sp³-hybridized carbons (Fsp3) is 0. The fourth-order valence-corrected chi connectivity index (χ4v) is 24.6. The molecule has 0 radical (unpaired) electrons. The SMILES string of the molecule is c1ccc(-c2cc(-c3cccc(-c4ccc5c6ccccc6n(-c6ccccc6)c5c4)c3)nc3c2ccc2oc4c5ccccc5ccc4c23)cc1.c1ccc(-c2nc(-c3ccc(-c4ccc5c(c4)sc4ccccc45)cc3)cc3c2ccc2oc4c5ccccc5ccc4c23)cc1.c1ccc(-c2nc(-c3cccc(-c4ccc5c(c4)oc4ccccc45)c3)cc3c2ccc2sc4c5ccccc5ccc4c23)cc1. The van der Waals surface area contributed by atoms with Crippen LogP contribution < -0.4 is 0 Å². The van der Waals surface area contributed by atoms with E-state index >= 15 is 0 Å². The smallest absolute Gasteiger partial charge is 0.143 e. The van der Waals surface area contributed by atoms with E-state index in [0.29, 0.717) is 0 Å². The summed E-state index contributed by atoms with van der Waals surface area (Å²) in [5.74, 6) is 0. The molecule has 7 nitrogen and oxygen atoms in total. The summed E-state index contributed by atoms with van der Waals surface area (Å²) >= 11 is 3.74. The third-order valence-electron chi connectivity index (χ3n) is 29.1. The number of pyridine rings is 3. The van der Waals surface area contributed by atoms with Crippen LogP contribution >= 0.6 is 22.7 Å². The van der Waals surface area contributed by atoms with Gasteiger partial charge in [0.25, 0.3) is 0 Å². The molecule has 9 heterocycles. The lowest BCUT2D eigenvalue weighted by molar-refractivity contribution is 0.669. The van der Waals surface area contributed by atoms with Crippen LogP contribution in [0, 0.1) is 0 Å². The van der Waals surface area contributed by atoms with Crippen molar-refractivity contribution in [1.82, 2.24) is 19.5 Å². The largest absolute Gasteiger partial charge is 0.456 e. The maximum atomic E-state index is 6.60. The molecule has 31 rings (SSSR count). The highest BCUT2D eigenvalue weighted by Crippen LogP contribution is 2.50. The number of hydrogen-bond acceptors (Lipinski definition) is 8. The number of fused-ring (bicyclic) bond motifs is 30. The maximum absolute atomic E-state index is 6.60. The van der Waals surface area contributed by atoms with E-state index in [2.05, 4.69) is 478 Å². The van der Waals surface area contributed by atoms with Gasteiger partial charge in [-0.15, -0.1) is 22.7 Å². The monoisotopic (exact) mass is 1870 g/mol. The molecule has 670 valence electrons. The molecule has 0 aliphatic rings. The van der Waals surface area contributed by atoms with E-state index in [0.717, 1.165) is 199 Å². The highest BCUT2D eigenvalue weighted by atomic mass is 32.1. The zero-order valence-corrected chi connectivity index (χ0v) is 79.2. The van der Waals surface area contributed by atoms with Crippen molar-refractivity contribution in [3.8, 4) is 106 Å². The Balaban J connectivity index is 0.000000103. The van der Waals surface area contributed by atoms with E-state index in [4.69, 9.17) is 28.2 Å². The van der Waals surface area contributed by atoms with E-state index in [1.54, 1.807) is 0 Å². The molecule has 144 heavy (non-hydrogen) atoms. The van der Waals surface area contributed by atoms with Gasteiger partial charge in [0, 0.05) is 138 Å². The van der Waals surface area contributed by atoms with Crippen LogP contribution in [0.1, 0.15) is 0 Å². The number of hydrogen-bond donors (Lipinski definition) is 0. The zero-order valence-electron chi connectivity index (χ0n) is 77.5. The lowest BCUT2D eigenvalue weighted by atomic mass is 9.95. The summed E-state index contributed by atoms with van der Waals surface area (Å²) in [5, 5.41) is 27.4. The van der Waals surface area contributed by atoms with Gasteiger partial charge in [-0.2, -0.15) is 0 Å². The van der Waals surface area contributed by atoms with E-state index in [1.165, 1.54) is 100 Å². The molecular formula is C135H80N4O3S2. The second kappa shape index (κ2) is 33.7. The lowest BCUT2D eigenvalue weighted by Gasteiger charge is -2.13. The third kappa shape index (κ3) is 13.8. The lowest BCUT2D eigenvalue weighted by Crippen LogP contribution is -1.93. The van der Waals surface area contributed by atoms with Crippen molar-refractivity contribution in [2.75, 3.05) is 0 Å². The molecule has 0 saturated carbocycles. The average Bonchev–Trinajstić information content (AvgIpc) is 1.55. The number of rotatable bonds is 10. The average molecular weight is 1870 g/mol. The van der Waals surface area contributed by atoms with Gasteiger partial charge in [-0.25, -0.2) is 15.0 Å². The molecule has 0 atom stereocenters. The second-order valence-corrected chi connectivity index (χ2v) is 39.5. The number of benzene rings is 22. The fourth-order valence-electron chi connectivity index (χ4n) is 22.2. The molecule has 0 unspecified atom stereocenters. The number of thiophene rings is 2. The van der Waals surface area contributed by atoms with Crippen molar-refractivity contribution >= 4 is 215 Å². The second-order valence-electron chi connectivity index (χ2n) is 37.3. The van der Waals surface area contributed by atoms with E-state index in [-0.39, 0.29) is 0 Å². The highest BCUT2D eigenvalue weighted by Gasteiger charge is 2.25. The van der Waals surface area contributed by atoms with Crippen LogP contribution in [0.2, 0.25) is 0 Å². The number of furan rings is 3. The Labute approximate surface area is 833 Å². The van der Waals surface area contributed by atoms with Gasteiger partial charge in [0.1, 0.15) is 33.5 Å². The summed E-state index contributed by atoms with van der Waals surface area (Å²) in [7, 11) is 0. The Morgan fingerprint density at radius 3 is 1.30 bits per heavy atom. The van der Waals surface area contributed by atoms with E-state index < -0.39 is 0 Å². The Morgan fingerprint density at radius 1 is 0.188 bits per heavy atom. The van der Waals surface area contributed by atoms with E-state index in [9.17, 15) is 0 Å². The molecule has 0 fully saturated rings. The molecule has 0 spiro atoms. The first-order valence-electron chi connectivity index (χ1n) is 48.8. The Kier molecular flexibility index (Phi) is 19.3. The predicted octanol–water partition coefficient (Wildman–Crippen LogP) is 38.7. The van der Waals surface area contributed by atoms with Gasteiger partial charge in [0.15, 0.2) is 0 Å². The number of nitrogens with zero attached hydrogens (tertiary/aromatic N) is 4. The quantitative estimate of drug-likeness (QED) is 0.136. The van der Waals surface area contributed by atoms with Gasteiger partial charge in [-0.3, -0.25) is 0 Å². The molecule has 9 heteroatoms. The van der Waals surface area contributed by atoms with Crippen molar-refractivity contribution in [3.05, 3.63) is 485 Å². The molecule has 0 bridgehead atoms. The first-order valence-corrected chi connectivity index (χ1v) is 50.4. The van der Waals surface area contributed by atoms with Gasteiger partial charge in [0.05, 0.1) is 50.4 Å². The van der Waals surface area contributed by atoms with Gasteiger partial charge in [0.2, 0.25) is 0 Å². The van der Waals surface area contributed by atoms with Crippen molar-refractivity contribution in [2.24, 2.45) is 0 Å². The summed E-state index contributed by atoms with van der Waals surface area (Å²) in [5.41, 5.74) is 29.4. The van der Waals surface area contributed by atoms with Crippen LogP contribution in [0.15, 0.2) is 499 Å². The molecule has 22 aromatic carbocycles. The molecule has 31 aromatic rings. The molecule has 0 aliphatic heterocycles. The predicted molar refractivity (Wildman–Crippen MR) is 609 cm³/mol. The number of para-hydroxylation sites is 3. The van der Waals surface area contributed by atoms with Gasteiger partial charge < -0.3 is 17.8 Å². The van der Waals surface area contributed by atoms with Crippen molar-refractivity contribution in [2.45, 2.75) is 0 Å². The minimum Gasteiger partial charge on any atom is -0.456 e. The summed E-state index contributed by atoms with van der Waals surface area (Å²) in [4.78, 5) is 16.1. The van der Waals surface area contributed by atoms with Gasteiger partial charge in [-0.05, 0) is 204 Å². The molecule has 0 N–H and O–H groups in total. The summed E-state index contributed by atoms with van der Waals surface area (Å²) in [6.45, 7) is 0. The molecule has 9 aromatic heterocycles. The van der Waals surface area contributed by atoms with Gasteiger partial charge in [-0.1, -0.05) is 358 Å². The number of aromatic nitrogens is 4. The van der Waals surface area contributed by atoms with Crippen molar-refractivity contribution in [1.29, 1.82) is 0 Å². The topological polar surface area (TPSA) is 83.0 Å². The third-order valence-corrected chi connectivity index (χ3v) is 31.4. The molecule has 0 aliphatic carbocycles. The van der Waals surface area contributed by atoms with E-state index in [1.807, 2.05) is 34.8 Å². The van der Waals surface area contributed by atoms with Crippen LogP contribution in [0.5, 0.6) is 0 Å². The molecule has 0 amide bonds. The summed E-state index contributed by atoms with van der Waals surface area (Å²) in [6, 6.07) is 173. The zero-order chi connectivity index (χ0) is 94.6. The Morgan fingerprint density at radius 2 is 0.625 bits per heavy atom. The Hall–Kier alpha value is -18.5. The normalized spacial score (nSPS) is 11.9. The Bertz CT molecular complexity index is 10700. The first-order chi connectivity index (χ1) is 71.3. The van der Waals surface area contributed by atoms with Crippen LogP contribution in [0.3, 0.4) is 0 Å². The molecular weight excluding hydrogens is 1790 g/mol. The first kappa shape index (κ1) is 82.6. The summed E-state index contributed by atoms with van der Waals surface area (Å²) in [6.07, 6.45) is 0. The maximum Gasteiger partial charge on any atom is 0.143 e.